The molecule has 2 bridgehead atoms. The second-order valence-corrected chi connectivity index (χ2v) is 7.32. The van der Waals surface area contributed by atoms with Gasteiger partial charge in [0, 0.05) is 25.7 Å². The Bertz CT molecular complexity index is 788. The predicted octanol–water partition coefficient (Wildman–Crippen LogP) is 1.89. The molecule has 5 heteroatoms. The average molecular weight is 310 g/mol. The molecular formula is C18H22N4O. The largest absolute Gasteiger partial charge is 0.332 e. The van der Waals surface area contributed by atoms with Crippen molar-refractivity contribution < 1.29 is 4.79 Å². The van der Waals surface area contributed by atoms with Crippen LogP contribution in [0.3, 0.4) is 0 Å². The second-order valence-electron chi connectivity index (χ2n) is 7.32. The molecule has 23 heavy (non-hydrogen) atoms. The fraction of sp³-hybridized carbons (Fsp3) is 0.556. The molecule has 1 atom stereocenters. The first kappa shape index (κ1) is 13.5. The molecule has 6 rings (SSSR count). The third-order valence-corrected chi connectivity index (χ3v) is 5.95. The minimum absolute atomic E-state index is 0.205. The minimum Gasteiger partial charge on any atom is -0.332 e. The van der Waals surface area contributed by atoms with Crippen LogP contribution in [-0.4, -0.2) is 57.5 Å². The van der Waals surface area contributed by atoms with Crippen molar-refractivity contribution in [2.24, 2.45) is 5.92 Å². The zero-order valence-corrected chi connectivity index (χ0v) is 13.5. The van der Waals surface area contributed by atoms with Crippen molar-refractivity contribution in [2.75, 3.05) is 26.2 Å². The quantitative estimate of drug-likeness (QED) is 0.808. The van der Waals surface area contributed by atoms with Gasteiger partial charge in [0.1, 0.15) is 0 Å². The number of fused-ring (bicyclic) bond motifs is 3. The Morgan fingerprint density at radius 1 is 1.13 bits per heavy atom. The summed E-state index contributed by atoms with van der Waals surface area (Å²) in [6.07, 6.45) is 4.37. The third-order valence-electron chi connectivity index (χ3n) is 5.95. The summed E-state index contributed by atoms with van der Waals surface area (Å²) in [6, 6.07) is 4.51. The summed E-state index contributed by atoms with van der Waals surface area (Å²) in [5, 5.41) is 0. The molecule has 1 aromatic carbocycles. The van der Waals surface area contributed by atoms with Crippen LogP contribution < -0.4 is 0 Å². The van der Waals surface area contributed by atoms with Gasteiger partial charge in [0.15, 0.2) is 0 Å². The molecular weight excluding hydrogens is 288 g/mol. The molecule has 0 radical (unpaired) electrons. The molecule has 4 aliphatic rings. The topological polar surface area (TPSA) is 41.4 Å². The highest BCUT2D eigenvalue weighted by Gasteiger charge is 2.40. The zero-order chi connectivity index (χ0) is 15.6. The number of carbonyl (C=O) groups is 1. The van der Waals surface area contributed by atoms with Gasteiger partial charge in [0.05, 0.1) is 22.9 Å². The summed E-state index contributed by atoms with van der Waals surface area (Å²) < 4.78 is 2.16. The lowest BCUT2D eigenvalue weighted by atomic mass is 9.83. The maximum Gasteiger partial charge on any atom is 0.256 e. The van der Waals surface area contributed by atoms with Crippen LogP contribution in [0.5, 0.6) is 0 Å². The number of aromatic nitrogens is 2. The maximum atomic E-state index is 13.3. The Hall–Kier alpha value is -1.88. The van der Waals surface area contributed by atoms with E-state index in [-0.39, 0.29) is 5.91 Å². The van der Waals surface area contributed by atoms with Crippen molar-refractivity contribution in [1.82, 2.24) is 19.4 Å². The van der Waals surface area contributed by atoms with Crippen LogP contribution in [-0.2, 0) is 6.54 Å². The van der Waals surface area contributed by atoms with E-state index in [1.807, 2.05) is 19.3 Å². The Morgan fingerprint density at radius 2 is 1.96 bits per heavy atom. The minimum atomic E-state index is 0.205. The van der Waals surface area contributed by atoms with Gasteiger partial charge < -0.3 is 14.4 Å². The standard InChI is InChI=1S/C18H22N4O/c1-12-8-14-17-15(9-12)19-11-21(17)6-7-22(18(14)23)16-10-20-4-2-13(16)3-5-20/h8-9,11,13,16H,2-7,10H2,1H3. The van der Waals surface area contributed by atoms with Gasteiger partial charge in [-0.15, -0.1) is 0 Å². The number of aryl methyl sites for hydroxylation is 1. The van der Waals surface area contributed by atoms with Crippen LogP contribution in [0, 0.1) is 12.8 Å². The molecule has 5 heterocycles. The smallest absolute Gasteiger partial charge is 0.256 e. The van der Waals surface area contributed by atoms with Crippen molar-refractivity contribution in [3.05, 3.63) is 29.6 Å². The molecule has 0 spiro atoms. The van der Waals surface area contributed by atoms with Gasteiger partial charge in [-0.1, -0.05) is 0 Å². The van der Waals surface area contributed by atoms with Crippen LogP contribution >= 0.6 is 0 Å². The third kappa shape index (κ3) is 1.96. The van der Waals surface area contributed by atoms with Crippen LogP contribution in [0.25, 0.3) is 11.0 Å². The highest BCUT2D eigenvalue weighted by molar-refractivity contribution is 6.06. The molecule has 1 amide bonds. The van der Waals surface area contributed by atoms with Gasteiger partial charge in [-0.2, -0.15) is 0 Å². The monoisotopic (exact) mass is 310 g/mol. The number of nitrogens with zero attached hydrogens (tertiary/aromatic N) is 4. The Kier molecular flexibility index (Phi) is 2.83. The Balaban J connectivity index is 1.58. The van der Waals surface area contributed by atoms with E-state index in [1.54, 1.807) is 0 Å². The number of benzene rings is 1. The molecule has 120 valence electrons. The Labute approximate surface area is 135 Å². The normalized spacial score (nSPS) is 30.0. The van der Waals surface area contributed by atoms with Gasteiger partial charge in [0.25, 0.3) is 5.91 Å². The SMILES string of the molecule is Cc1cc2c3c(c1)ncn3CCN(C1CN3CCC1CC3)C2=O. The Morgan fingerprint density at radius 3 is 2.70 bits per heavy atom. The van der Waals surface area contributed by atoms with E-state index in [4.69, 9.17) is 0 Å². The lowest BCUT2D eigenvalue weighted by molar-refractivity contribution is 0.00725. The van der Waals surface area contributed by atoms with E-state index >= 15 is 0 Å². The lowest BCUT2D eigenvalue weighted by Crippen LogP contribution is -2.58. The maximum absolute atomic E-state index is 13.3. The summed E-state index contributed by atoms with van der Waals surface area (Å²) in [5.74, 6) is 0.886. The van der Waals surface area contributed by atoms with Crippen molar-refractivity contribution in [1.29, 1.82) is 0 Å². The number of hydrogen-bond donors (Lipinski definition) is 0. The molecule has 5 nitrogen and oxygen atoms in total. The lowest BCUT2D eigenvalue weighted by Gasteiger charge is -2.48. The summed E-state index contributed by atoms with van der Waals surface area (Å²) in [5.41, 5.74) is 3.92. The van der Waals surface area contributed by atoms with Crippen LogP contribution in [0.2, 0.25) is 0 Å². The number of amides is 1. The van der Waals surface area contributed by atoms with E-state index in [0.29, 0.717) is 12.0 Å². The number of imidazole rings is 1. The number of piperidine rings is 3. The van der Waals surface area contributed by atoms with Gasteiger partial charge in [-0.05, 0) is 56.5 Å². The molecule has 3 fully saturated rings. The first-order chi connectivity index (χ1) is 11.2. The summed E-state index contributed by atoms with van der Waals surface area (Å²) >= 11 is 0. The molecule has 1 unspecified atom stereocenters. The van der Waals surface area contributed by atoms with Gasteiger partial charge in [-0.25, -0.2) is 4.98 Å². The van der Waals surface area contributed by atoms with E-state index in [9.17, 15) is 4.79 Å². The van der Waals surface area contributed by atoms with E-state index < -0.39 is 0 Å². The van der Waals surface area contributed by atoms with Crippen LogP contribution in [0.4, 0.5) is 0 Å². The van der Waals surface area contributed by atoms with Crippen molar-refractivity contribution >= 4 is 16.9 Å². The molecule has 3 saturated heterocycles. The van der Waals surface area contributed by atoms with Crippen LogP contribution in [0.15, 0.2) is 18.5 Å². The number of rotatable bonds is 1. The average Bonchev–Trinajstić information content (AvgIpc) is 2.91. The van der Waals surface area contributed by atoms with E-state index in [1.165, 1.54) is 25.9 Å². The predicted molar refractivity (Wildman–Crippen MR) is 88.5 cm³/mol. The molecule has 0 N–H and O–H groups in total. The van der Waals surface area contributed by atoms with Gasteiger partial charge >= 0.3 is 0 Å². The van der Waals surface area contributed by atoms with Crippen molar-refractivity contribution in [3.8, 4) is 0 Å². The van der Waals surface area contributed by atoms with E-state index in [0.717, 1.165) is 41.8 Å². The van der Waals surface area contributed by atoms with Crippen LogP contribution in [0.1, 0.15) is 28.8 Å². The molecule has 4 aliphatic heterocycles. The fourth-order valence-electron chi connectivity index (χ4n) is 4.76. The zero-order valence-electron chi connectivity index (χ0n) is 13.5. The number of carbonyl (C=O) groups excluding carboxylic acids is 1. The summed E-state index contributed by atoms with van der Waals surface area (Å²) in [6.45, 7) is 7.17. The molecule has 1 aromatic heterocycles. The molecule has 0 aliphatic carbocycles. The highest BCUT2D eigenvalue weighted by Crippen LogP contribution is 2.33. The molecule has 0 saturated carbocycles. The first-order valence-electron chi connectivity index (χ1n) is 8.69. The molecule has 2 aromatic rings. The fourth-order valence-corrected chi connectivity index (χ4v) is 4.76. The second kappa shape index (κ2) is 4.81. The summed E-state index contributed by atoms with van der Waals surface area (Å²) in [4.78, 5) is 22.5. The summed E-state index contributed by atoms with van der Waals surface area (Å²) in [7, 11) is 0. The van der Waals surface area contributed by atoms with Crippen molar-refractivity contribution in [3.63, 3.8) is 0 Å². The number of hydrogen-bond acceptors (Lipinski definition) is 3. The first-order valence-corrected chi connectivity index (χ1v) is 8.69. The van der Waals surface area contributed by atoms with Gasteiger partial charge in [-0.3, -0.25) is 4.79 Å². The highest BCUT2D eigenvalue weighted by atomic mass is 16.2. The van der Waals surface area contributed by atoms with Gasteiger partial charge in [0.2, 0.25) is 0 Å². The van der Waals surface area contributed by atoms with Crippen molar-refractivity contribution in [2.45, 2.75) is 32.4 Å². The van der Waals surface area contributed by atoms with E-state index in [2.05, 4.69) is 25.4 Å².